The Balaban J connectivity index is 1.92. The van der Waals surface area contributed by atoms with Crippen LogP contribution in [0.25, 0.3) is 0 Å². The third-order valence-corrected chi connectivity index (χ3v) is 3.91. The Kier molecular flexibility index (Phi) is 5.02. The predicted octanol–water partition coefficient (Wildman–Crippen LogP) is 3.53. The van der Waals surface area contributed by atoms with E-state index in [0.717, 1.165) is 17.0 Å². The fourth-order valence-corrected chi connectivity index (χ4v) is 2.19. The Morgan fingerprint density at radius 2 is 2.00 bits per heavy atom. The van der Waals surface area contributed by atoms with Crippen molar-refractivity contribution in [2.45, 2.75) is 33.9 Å². The first-order valence-corrected chi connectivity index (χ1v) is 7.27. The van der Waals surface area contributed by atoms with E-state index in [1.807, 2.05) is 51.1 Å². The second-order valence-electron chi connectivity index (χ2n) is 5.16. The van der Waals surface area contributed by atoms with Gasteiger partial charge in [0.25, 0.3) is 0 Å². The van der Waals surface area contributed by atoms with E-state index in [1.165, 1.54) is 0 Å². The summed E-state index contributed by atoms with van der Waals surface area (Å²) in [5.41, 5.74) is 2.63. The lowest BCUT2D eigenvalue weighted by Crippen LogP contribution is -2.21. The summed E-state index contributed by atoms with van der Waals surface area (Å²) in [7, 11) is 0. The second-order valence-corrected chi connectivity index (χ2v) is 5.54. The van der Waals surface area contributed by atoms with Crippen molar-refractivity contribution >= 4 is 17.6 Å². The van der Waals surface area contributed by atoms with Gasteiger partial charge >= 0.3 is 5.97 Å². The van der Waals surface area contributed by atoms with Crippen molar-refractivity contribution in [3.8, 4) is 0 Å². The number of ether oxygens (including phenoxy) is 1. The van der Waals surface area contributed by atoms with Gasteiger partial charge in [0.05, 0.1) is 28.9 Å². The maximum atomic E-state index is 12.0. The molecule has 0 N–H and O–H groups in total. The van der Waals surface area contributed by atoms with Gasteiger partial charge in [-0.15, -0.1) is 0 Å². The summed E-state index contributed by atoms with van der Waals surface area (Å²) in [6.45, 7) is 6.33. The van der Waals surface area contributed by atoms with Gasteiger partial charge in [-0.3, -0.25) is 9.48 Å². The Labute approximate surface area is 129 Å². The Morgan fingerprint density at radius 1 is 1.33 bits per heavy atom. The number of rotatable bonds is 5. The maximum Gasteiger partial charge on any atom is 0.310 e. The topological polar surface area (TPSA) is 44.1 Å². The molecule has 2 aromatic rings. The lowest BCUT2D eigenvalue weighted by atomic mass is 10.2. The Morgan fingerprint density at radius 3 is 2.57 bits per heavy atom. The summed E-state index contributed by atoms with van der Waals surface area (Å²) >= 11 is 6.10. The molecule has 1 unspecified atom stereocenters. The second kappa shape index (κ2) is 6.76. The number of nitrogens with zero attached hydrogens (tertiary/aromatic N) is 2. The molecule has 0 aliphatic rings. The predicted molar refractivity (Wildman–Crippen MR) is 82.1 cm³/mol. The number of carbonyl (C=O) groups excluding carboxylic acids is 1. The zero-order chi connectivity index (χ0) is 15.4. The fraction of sp³-hybridized carbons (Fsp3) is 0.375. The number of carbonyl (C=O) groups is 1. The van der Waals surface area contributed by atoms with E-state index in [2.05, 4.69) is 5.10 Å². The zero-order valence-corrected chi connectivity index (χ0v) is 13.2. The molecule has 21 heavy (non-hydrogen) atoms. The largest absolute Gasteiger partial charge is 0.461 e. The van der Waals surface area contributed by atoms with Crippen molar-refractivity contribution in [2.24, 2.45) is 5.92 Å². The molecule has 0 amide bonds. The first-order chi connectivity index (χ1) is 9.99. The first kappa shape index (κ1) is 15.6. The number of aryl methyl sites for hydroxylation is 1. The summed E-state index contributed by atoms with van der Waals surface area (Å²) in [5, 5.41) is 4.98. The molecule has 1 aromatic carbocycles. The van der Waals surface area contributed by atoms with Gasteiger partial charge in [-0.25, -0.2) is 0 Å². The quantitative estimate of drug-likeness (QED) is 0.794. The van der Waals surface area contributed by atoms with E-state index < -0.39 is 0 Å². The van der Waals surface area contributed by atoms with Crippen LogP contribution in [0.4, 0.5) is 0 Å². The van der Waals surface area contributed by atoms with Gasteiger partial charge in [-0.1, -0.05) is 48.9 Å². The van der Waals surface area contributed by atoms with Gasteiger partial charge in [0.15, 0.2) is 0 Å². The van der Waals surface area contributed by atoms with Gasteiger partial charge in [0.1, 0.15) is 6.61 Å². The minimum absolute atomic E-state index is 0.234. The molecule has 0 spiro atoms. The van der Waals surface area contributed by atoms with E-state index in [1.54, 1.807) is 4.68 Å². The number of aromatic nitrogens is 2. The lowest BCUT2D eigenvalue weighted by Gasteiger charge is -2.12. The van der Waals surface area contributed by atoms with Crippen LogP contribution < -0.4 is 0 Å². The molecule has 0 fully saturated rings. The molecule has 0 aliphatic carbocycles. The average molecular weight is 307 g/mol. The molecule has 2 rings (SSSR count). The van der Waals surface area contributed by atoms with Crippen LogP contribution in [0.1, 0.15) is 23.9 Å². The molecule has 0 aliphatic heterocycles. The molecule has 4 nitrogen and oxygen atoms in total. The van der Waals surface area contributed by atoms with Crippen LogP contribution >= 0.6 is 11.6 Å². The summed E-state index contributed by atoms with van der Waals surface area (Å²) in [6.07, 6.45) is 0. The van der Waals surface area contributed by atoms with Crippen molar-refractivity contribution in [3.63, 3.8) is 0 Å². The first-order valence-electron chi connectivity index (χ1n) is 6.89. The number of halogens is 1. The number of esters is 1. The molecule has 1 heterocycles. The van der Waals surface area contributed by atoms with Crippen LogP contribution in [0.15, 0.2) is 30.3 Å². The minimum Gasteiger partial charge on any atom is -0.461 e. The highest BCUT2D eigenvalue weighted by atomic mass is 35.5. The molecular weight excluding hydrogens is 288 g/mol. The van der Waals surface area contributed by atoms with Crippen LogP contribution in [0, 0.1) is 19.8 Å². The van der Waals surface area contributed by atoms with Crippen LogP contribution in [0.3, 0.4) is 0 Å². The molecule has 0 radical (unpaired) electrons. The highest BCUT2D eigenvalue weighted by Crippen LogP contribution is 2.20. The summed E-state index contributed by atoms with van der Waals surface area (Å²) < 4.78 is 7.08. The van der Waals surface area contributed by atoms with Crippen LogP contribution in [-0.2, 0) is 22.7 Å². The number of hydrogen-bond acceptors (Lipinski definition) is 3. The van der Waals surface area contributed by atoms with Gasteiger partial charge in [0.2, 0.25) is 0 Å². The summed E-state index contributed by atoms with van der Waals surface area (Å²) in [6, 6.07) is 9.63. The summed E-state index contributed by atoms with van der Waals surface area (Å²) in [5.74, 6) is -0.509. The monoisotopic (exact) mass is 306 g/mol. The Bertz CT molecular complexity index is 623. The molecular formula is C16H19ClN2O2. The highest BCUT2D eigenvalue weighted by molar-refractivity contribution is 6.31. The lowest BCUT2D eigenvalue weighted by molar-refractivity contribution is -0.149. The Hall–Kier alpha value is -1.81. The van der Waals surface area contributed by atoms with Crippen molar-refractivity contribution in [3.05, 3.63) is 52.3 Å². The van der Waals surface area contributed by atoms with Crippen molar-refractivity contribution in [1.29, 1.82) is 0 Å². The van der Waals surface area contributed by atoms with Gasteiger partial charge in [0, 0.05) is 0 Å². The van der Waals surface area contributed by atoms with E-state index in [4.69, 9.17) is 16.3 Å². The number of hydrogen-bond donors (Lipinski definition) is 0. The van der Waals surface area contributed by atoms with Crippen LogP contribution in [0.5, 0.6) is 0 Å². The third kappa shape index (κ3) is 3.85. The molecule has 112 valence electrons. The molecule has 1 aromatic heterocycles. The third-order valence-electron chi connectivity index (χ3n) is 3.37. The summed E-state index contributed by atoms with van der Waals surface area (Å²) in [4.78, 5) is 12.0. The van der Waals surface area contributed by atoms with Gasteiger partial charge in [-0.2, -0.15) is 5.10 Å². The molecule has 0 bridgehead atoms. The van der Waals surface area contributed by atoms with E-state index in [9.17, 15) is 4.79 Å². The minimum atomic E-state index is -0.275. The molecule has 5 heteroatoms. The normalized spacial score (nSPS) is 12.2. The van der Waals surface area contributed by atoms with E-state index >= 15 is 0 Å². The molecule has 1 atom stereocenters. The zero-order valence-electron chi connectivity index (χ0n) is 12.5. The van der Waals surface area contributed by atoms with Gasteiger partial charge < -0.3 is 4.74 Å². The molecule has 0 saturated carbocycles. The van der Waals surface area contributed by atoms with Crippen molar-refractivity contribution in [2.75, 3.05) is 0 Å². The average Bonchev–Trinajstić information content (AvgIpc) is 2.73. The van der Waals surface area contributed by atoms with Gasteiger partial charge in [-0.05, 0) is 19.4 Å². The van der Waals surface area contributed by atoms with Crippen LogP contribution in [0.2, 0.25) is 5.02 Å². The van der Waals surface area contributed by atoms with Crippen molar-refractivity contribution in [1.82, 2.24) is 9.78 Å². The maximum absolute atomic E-state index is 12.0. The molecule has 0 saturated heterocycles. The SMILES string of the molecule is Cc1nn(CC(C)C(=O)OCc2ccccc2)c(C)c1Cl. The van der Waals surface area contributed by atoms with Crippen LogP contribution in [-0.4, -0.2) is 15.7 Å². The van der Waals surface area contributed by atoms with Crippen molar-refractivity contribution < 1.29 is 9.53 Å². The fourth-order valence-electron chi connectivity index (χ4n) is 2.06. The number of benzene rings is 1. The smallest absolute Gasteiger partial charge is 0.310 e. The standard InChI is InChI=1S/C16H19ClN2O2/c1-11(9-19-13(3)15(17)12(2)18-19)16(20)21-10-14-7-5-4-6-8-14/h4-8,11H,9-10H2,1-3H3. The highest BCUT2D eigenvalue weighted by Gasteiger charge is 2.18. The van der Waals surface area contributed by atoms with E-state index in [-0.39, 0.29) is 11.9 Å². The van der Waals surface area contributed by atoms with E-state index in [0.29, 0.717) is 18.2 Å².